The van der Waals surface area contributed by atoms with E-state index in [1.807, 2.05) is 42.6 Å². The normalized spacial score (nSPS) is 10.9. The Morgan fingerprint density at radius 2 is 2.00 bits per heavy atom. The highest BCUT2D eigenvalue weighted by Gasteiger charge is 2.09. The van der Waals surface area contributed by atoms with Crippen molar-refractivity contribution in [3.8, 4) is 0 Å². The van der Waals surface area contributed by atoms with Gasteiger partial charge in [-0.25, -0.2) is 14.5 Å². The van der Waals surface area contributed by atoms with Crippen LogP contribution in [-0.2, 0) is 17.9 Å². The molecule has 0 amide bonds. The summed E-state index contributed by atoms with van der Waals surface area (Å²) in [6, 6.07) is 15.2. The molecular formula is C19H16N4O2. The smallest absolute Gasteiger partial charge is 0.338 e. The third-order valence-electron chi connectivity index (χ3n) is 4.04. The standard InChI is InChI=1S/C19H16N4O2/c24-19(25-11-16-2-1-3-18-17(16)8-9-21-18)15-6-4-14(5-7-15)10-23-13-20-12-22-23/h1-9,12-13,21H,10-11H2. The summed E-state index contributed by atoms with van der Waals surface area (Å²) in [7, 11) is 0. The van der Waals surface area contributed by atoms with Gasteiger partial charge in [-0.2, -0.15) is 5.10 Å². The van der Waals surface area contributed by atoms with Crippen molar-refractivity contribution in [3.63, 3.8) is 0 Å². The van der Waals surface area contributed by atoms with Crippen LogP contribution in [0.15, 0.2) is 67.4 Å². The molecule has 0 fully saturated rings. The SMILES string of the molecule is O=C(OCc1cccc2[nH]ccc12)c1ccc(Cn2cncn2)cc1. The Morgan fingerprint density at radius 1 is 1.12 bits per heavy atom. The van der Waals surface area contributed by atoms with E-state index in [9.17, 15) is 4.79 Å². The number of carbonyl (C=O) groups is 1. The number of hydrogen-bond donors (Lipinski definition) is 1. The zero-order chi connectivity index (χ0) is 17.1. The molecule has 6 nitrogen and oxygen atoms in total. The molecule has 25 heavy (non-hydrogen) atoms. The highest BCUT2D eigenvalue weighted by molar-refractivity contribution is 5.89. The van der Waals surface area contributed by atoms with Crippen LogP contribution < -0.4 is 0 Å². The van der Waals surface area contributed by atoms with Gasteiger partial charge in [-0.3, -0.25) is 0 Å². The minimum absolute atomic E-state index is 0.245. The summed E-state index contributed by atoms with van der Waals surface area (Å²) in [6.07, 6.45) is 5.03. The number of benzene rings is 2. The van der Waals surface area contributed by atoms with Crippen LogP contribution in [0.2, 0.25) is 0 Å². The predicted molar refractivity (Wildman–Crippen MR) is 93.0 cm³/mol. The second-order valence-corrected chi connectivity index (χ2v) is 5.72. The number of rotatable bonds is 5. The van der Waals surface area contributed by atoms with Crippen molar-refractivity contribution in [3.05, 3.63) is 84.1 Å². The number of H-pyrrole nitrogens is 1. The number of hydrogen-bond acceptors (Lipinski definition) is 4. The lowest BCUT2D eigenvalue weighted by Crippen LogP contribution is -2.06. The molecule has 0 saturated heterocycles. The van der Waals surface area contributed by atoms with Gasteiger partial charge in [0.2, 0.25) is 0 Å². The summed E-state index contributed by atoms with van der Waals surface area (Å²) < 4.78 is 7.18. The quantitative estimate of drug-likeness (QED) is 0.570. The number of fused-ring (bicyclic) bond motifs is 1. The summed E-state index contributed by atoms with van der Waals surface area (Å²) in [5, 5.41) is 5.13. The number of nitrogens with one attached hydrogen (secondary N) is 1. The Morgan fingerprint density at radius 3 is 2.80 bits per heavy atom. The summed E-state index contributed by atoms with van der Waals surface area (Å²) in [4.78, 5) is 19.3. The third-order valence-corrected chi connectivity index (χ3v) is 4.04. The maximum Gasteiger partial charge on any atom is 0.338 e. The van der Waals surface area contributed by atoms with Crippen molar-refractivity contribution in [2.45, 2.75) is 13.2 Å². The van der Waals surface area contributed by atoms with Crippen LogP contribution in [0.5, 0.6) is 0 Å². The van der Waals surface area contributed by atoms with Gasteiger partial charge in [0.25, 0.3) is 0 Å². The van der Waals surface area contributed by atoms with Gasteiger partial charge in [0.1, 0.15) is 19.3 Å². The molecule has 0 atom stereocenters. The van der Waals surface area contributed by atoms with Gasteiger partial charge in [-0.05, 0) is 35.4 Å². The van der Waals surface area contributed by atoms with Crippen molar-refractivity contribution in [2.24, 2.45) is 0 Å². The molecule has 0 spiro atoms. The van der Waals surface area contributed by atoms with E-state index >= 15 is 0 Å². The Bertz CT molecular complexity index is 988. The zero-order valence-electron chi connectivity index (χ0n) is 13.4. The lowest BCUT2D eigenvalue weighted by atomic mass is 10.1. The van der Waals surface area contributed by atoms with E-state index in [0.717, 1.165) is 22.0 Å². The Balaban J connectivity index is 1.41. The Kier molecular flexibility index (Phi) is 4.00. The number of carbonyl (C=O) groups excluding carboxylic acids is 1. The molecular weight excluding hydrogens is 316 g/mol. The topological polar surface area (TPSA) is 72.8 Å². The van der Waals surface area contributed by atoms with Gasteiger partial charge in [0, 0.05) is 17.1 Å². The number of esters is 1. The van der Waals surface area contributed by atoms with E-state index in [4.69, 9.17) is 4.74 Å². The minimum Gasteiger partial charge on any atom is -0.457 e. The van der Waals surface area contributed by atoms with Crippen molar-refractivity contribution in [2.75, 3.05) is 0 Å². The average molecular weight is 332 g/mol. The van der Waals surface area contributed by atoms with Gasteiger partial charge in [0.15, 0.2) is 0 Å². The highest BCUT2D eigenvalue weighted by atomic mass is 16.5. The molecule has 0 unspecified atom stereocenters. The predicted octanol–water partition coefficient (Wildman–Crippen LogP) is 3.16. The first-order valence-corrected chi connectivity index (χ1v) is 7.93. The molecule has 2 aromatic heterocycles. The maximum atomic E-state index is 12.3. The van der Waals surface area contributed by atoms with E-state index in [1.54, 1.807) is 23.1 Å². The molecule has 4 aromatic rings. The van der Waals surface area contributed by atoms with E-state index in [0.29, 0.717) is 12.1 Å². The minimum atomic E-state index is -0.333. The summed E-state index contributed by atoms with van der Waals surface area (Å²) in [6.45, 7) is 0.861. The number of aromatic amines is 1. The summed E-state index contributed by atoms with van der Waals surface area (Å²) >= 11 is 0. The zero-order valence-corrected chi connectivity index (χ0v) is 13.4. The van der Waals surface area contributed by atoms with Crippen LogP contribution >= 0.6 is 0 Å². The molecule has 0 bridgehead atoms. The van der Waals surface area contributed by atoms with Crippen molar-refractivity contribution in [1.82, 2.24) is 19.7 Å². The van der Waals surface area contributed by atoms with Gasteiger partial charge in [-0.1, -0.05) is 24.3 Å². The first-order chi connectivity index (χ1) is 12.3. The molecule has 0 radical (unpaired) electrons. The average Bonchev–Trinajstić information content (AvgIpc) is 3.32. The van der Waals surface area contributed by atoms with E-state index in [-0.39, 0.29) is 12.6 Å². The molecule has 0 aliphatic carbocycles. The molecule has 0 aliphatic rings. The number of ether oxygens (including phenoxy) is 1. The fourth-order valence-corrected chi connectivity index (χ4v) is 2.75. The number of aromatic nitrogens is 4. The largest absolute Gasteiger partial charge is 0.457 e. The molecule has 124 valence electrons. The molecule has 2 heterocycles. The second kappa shape index (κ2) is 6.60. The summed E-state index contributed by atoms with van der Waals surface area (Å²) in [5.41, 5.74) is 3.59. The van der Waals surface area contributed by atoms with Crippen LogP contribution in [0.25, 0.3) is 10.9 Å². The molecule has 1 N–H and O–H groups in total. The Labute approximate surface area is 144 Å². The lowest BCUT2D eigenvalue weighted by Gasteiger charge is -2.07. The van der Waals surface area contributed by atoms with Crippen LogP contribution in [0, 0.1) is 0 Å². The fourth-order valence-electron chi connectivity index (χ4n) is 2.75. The van der Waals surface area contributed by atoms with Crippen LogP contribution in [0.1, 0.15) is 21.5 Å². The van der Waals surface area contributed by atoms with Crippen molar-refractivity contribution < 1.29 is 9.53 Å². The van der Waals surface area contributed by atoms with Crippen molar-refractivity contribution in [1.29, 1.82) is 0 Å². The van der Waals surface area contributed by atoms with Gasteiger partial charge in [0.05, 0.1) is 12.1 Å². The van der Waals surface area contributed by atoms with Crippen LogP contribution in [0.3, 0.4) is 0 Å². The molecule has 0 saturated carbocycles. The molecule has 6 heteroatoms. The third kappa shape index (κ3) is 3.28. The summed E-state index contributed by atoms with van der Waals surface area (Å²) in [5.74, 6) is -0.333. The monoisotopic (exact) mass is 332 g/mol. The van der Waals surface area contributed by atoms with Gasteiger partial charge < -0.3 is 9.72 Å². The van der Waals surface area contributed by atoms with E-state index in [2.05, 4.69) is 15.1 Å². The first-order valence-electron chi connectivity index (χ1n) is 7.93. The number of nitrogens with zero attached hydrogens (tertiary/aromatic N) is 3. The molecule has 2 aromatic carbocycles. The highest BCUT2D eigenvalue weighted by Crippen LogP contribution is 2.18. The fraction of sp³-hybridized carbons (Fsp3) is 0.105. The Hall–Kier alpha value is -3.41. The van der Waals surface area contributed by atoms with Crippen LogP contribution in [-0.4, -0.2) is 25.7 Å². The lowest BCUT2D eigenvalue weighted by molar-refractivity contribution is 0.0474. The first kappa shape index (κ1) is 15.1. The van der Waals surface area contributed by atoms with E-state index in [1.165, 1.54) is 6.33 Å². The van der Waals surface area contributed by atoms with Crippen molar-refractivity contribution >= 4 is 16.9 Å². The van der Waals surface area contributed by atoms with Gasteiger partial charge >= 0.3 is 5.97 Å². The van der Waals surface area contributed by atoms with Crippen LogP contribution in [0.4, 0.5) is 0 Å². The second-order valence-electron chi connectivity index (χ2n) is 5.72. The van der Waals surface area contributed by atoms with Gasteiger partial charge in [-0.15, -0.1) is 0 Å². The molecule has 0 aliphatic heterocycles. The maximum absolute atomic E-state index is 12.3. The van der Waals surface area contributed by atoms with E-state index < -0.39 is 0 Å². The molecule has 4 rings (SSSR count).